The molecule has 2 fully saturated rings. The smallest absolute Gasteiger partial charge is 0.338 e. The second-order valence-corrected chi connectivity index (χ2v) is 5.93. The van der Waals surface area contributed by atoms with Gasteiger partial charge < -0.3 is 5.32 Å². The first-order valence-electron chi connectivity index (χ1n) is 7.18. The molecule has 0 radical (unpaired) electrons. The number of nitrogens with zero attached hydrogens (tertiary/aromatic N) is 1. The molecule has 2 rings (SSSR count). The van der Waals surface area contributed by atoms with Crippen molar-refractivity contribution in [2.75, 3.05) is 0 Å². The van der Waals surface area contributed by atoms with Crippen molar-refractivity contribution in [3.63, 3.8) is 0 Å². The van der Waals surface area contributed by atoms with Gasteiger partial charge in [-0.2, -0.15) is 18.4 Å². The number of carbonyl (C=O) groups excluding carboxylic acids is 1. The van der Waals surface area contributed by atoms with E-state index in [1.807, 2.05) is 0 Å². The number of alkyl halides is 3. The summed E-state index contributed by atoms with van der Waals surface area (Å²) in [4.78, 5) is 12.2. The number of hydrogen-bond acceptors (Lipinski definition) is 2. The van der Waals surface area contributed by atoms with Crippen molar-refractivity contribution in [3.8, 4) is 6.07 Å². The molecule has 112 valence electrons. The number of hydrogen-bond donors (Lipinski definition) is 1. The van der Waals surface area contributed by atoms with Crippen LogP contribution in [0.4, 0.5) is 13.2 Å². The second-order valence-electron chi connectivity index (χ2n) is 5.93. The van der Waals surface area contributed by atoms with Crippen molar-refractivity contribution < 1.29 is 18.0 Å². The minimum atomic E-state index is -4.34. The van der Waals surface area contributed by atoms with Crippen LogP contribution >= 0.6 is 0 Å². The maximum absolute atomic E-state index is 13.0. The maximum atomic E-state index is 13.0. The number of halogens is 3. The van der Waals surface area contributed by atoms with Crippen molar-refractivity contribution in [1.29, 1.82) is 5.26 Å². The molecule has 0 aromatic carbocycles. The summed E-state index contributed by atoms with van der Waals surface area (Å²) in [6.45, 7) is 0. The molecular formula is C14H19F3N2O. The highest BCUT2D eigenvalue weighted by Crippen LogP contribution is 2.42. The fraction of sp³-hybridized carbons (Fsp3) is 0.857. The van der Waals surface area contributed by atoms with Crippen molar-refractivity contribution in [1.82, 2.24) is 5.32 Å². The van der Waals surface area contributed by atoms with Crippen LogP contribution in [0.3, 0.4) is 0 Å². The van der Waals surface area contributed by atoms with E-state index in [1.165, 1.54) is 0 Å². The van der Waals surface area contributed by atoms with Crippen LogP contribution in [0, 0.1) is 23.2 Å². The zero-order valence-corrected chi connectivity index (χ0v) is 11.3. The third-order valence-electron chi connectivity index (χ3n) is 4.56. The van der Waals surface area contributed by atoms with Gasteiger partial charge in [0.25, 0.3) is 0 Å². The predicted molar refractivity (Wildman–Crippen MR) is 66.5 cm³/mol. The highest BCUT2D eigenvalue weighted by Gasteiger charge is 2.49. The van der Waals surface area contributed by atoms with Crippen molar-refractivity contribution in [3.05, 3.63) is 0 Å². The van der Waals surface area contributed by atoms with E-state index < -0.39 is 29.5 Å². The molecule has 0 bridgehead atoms. The Balaban J connectivity index is 2.08. The Morgan fingerprint density at radius 2 is 1.75 bits per heavy atom. The first kappa shape index (κ1) is 15.1. The van der Waals surface area contributed by atoms with Gasteiger partial charge in [-0.25, -0.2) is 0 Å². The van der Waals surface area contributed by atoms with Crippen molar-refractivity contribution >= 4 is 5.91 Å². The lowest BCUT2D eigenvalue weighted by molar-refractivity contribution is -0.198. The zero-order valence-electron chi connectivity index (χ0n) is 11.3. The Morgan fingerprint density at radius 1 is 1.15 bits per heavy atom. The first-order valence-corrected chi connectivity index (χ1v) is 7.18. The molecule has 0 aliphatic heterocycles. The molecule has 6 heteroatoms. The monoisotopic (exact) mass is 288 g/mol. The van der Waals surface area contributed by atoms with Gasteiger partial charge in [-0.1, -0.05) is 12.8 Å². The predicted octanol–water partition coefficient (Wildman–Crippen LogP) is 3.31. The van der Waals surface area contributed by atoms with Gasteiger partial charge in [0.05, 0.1) is 12.0 Å². The number of nitrogens with one attached hydrogen (secondary N) is 1. The first-order chi connectivity index (χ1) is 9.38. The van der Waals surface area contributed by atoms with Gasteiger partial charge in [0.2, 0.25) is 5.91 Å². The van der Waals surface area contributed by atoms with E-state index in [-0.39, 0.29) is 12.8 Å². The van der Waals surface area contributed by atoms with E-state index in [0.29, 0.717) is 25.7 Å². The van der Waals surface area contributed by atoms with Gasteiger partial charge in [-0.3, -0.25) is 4.79 Å². The molecule has 0 spiro atoms. The van der Waals surface area contributed by atoms with Crippen LogP contribution in [0.1, 0.15) is 51.4 Å². The van der Waals surface area contributed by atoms with Crippen LogP contribution < -0.4 is 5.32 Å². The van der Waals surface area contributed by atoms with E-state index in [2.05, 4.69) is 11.4 Å². The standard InChI is InChI=1S/C14H19F3N2O/c15-14(16,17)11-6-2-1-5-10(11)12(20)19-13(9-18)7-3-4-8-13/h10-11H,1-8H2,(H,19,20). The average Bonchev–Trinajstić information content (AvgIpc) is 2.87. The van der Waals surface area contributed by atoms with Gasteiger partial charge >= 0.3 is 6.18 Å². The summed E-state index contributed by atoms with van der Waals surface area (Å²) in [5.74, 6) is -3.18. The summed E-state index contributed by atoms with van der Waals surface area (Å²) in [5.41, 5.74) is -0.940. The SMILES string of the molecule is N#CC1(NC(=O)C2CCCCC2C(F)(F)F)CCCC1. The quantitative estimate of drug-likeness (QED) is 0.847. The highest BCUT2D eigenvalue weighted by atomic mass is 19.4. The molecule has 0 saturated heterocycles. The van der Waals surface area contributed by atoms with E-state index in [1.54, 1.807) is 0 Å². The minimum absolute atomic E-state index is 0.0150. The van der Waals surface area contributed by atoms with E-state index >= 15 is 0 Å². The Kier molecular flexibility index (Phi) is 4.26. The molecular weight excluding hydrogens is 269 g/mol. The molecule has 2 aliphatic rings. The molecule has 2 unspecified atom stereocenters. The molecule has 1 amide bonds. The van der Waals surface area contributed by atoms with Crippen LogP contribution in [0.25, 0.3) is 0 Å². The van der Waals surface area contributed by atoms with Crippen molar-refractivity contribution in [2.45, 2.75) is 63.1 Å². The third-order valence-corrected chi connectivity index (χ3v) is 4.56. The summed E-state index contributed by atoms with van der Waals surface area (Å²) in [5, 5.41) is 11.8. The van der Waals surface area contributed by atoms with Gasteiger partial charge in [0.1, 0.15) is 5.54 Å². The molecule has 0 aromatic rings. The van der Waals surface area contributed by atoms with E-state index in [9.17, 15) is 23.2 Å². The summed E-state index contributed by atoms with van der Waals surface area (Å²) >= 11 is 0. The zero-order chi connectivity index (χ0) is 14.8. The normalized spacial score (nSPS) is 29.7. The van der Waals surface area contributed by atoms with Gasteiger partial charge in [-0.15, -0.1) is 0 Å². The highest BCUT2D eigenvalue weighted by molar-refractivity contribution is 5.80. The Labute approximate surface area is 116 Å². The Hall–Kier alpha value is -1.25. The van der Waals surface area contributed by atoms with E-state index in [0.717, 1.165) is 12.8 Å². The van der Waals surface area contributed by atoms with Gasteiger partial charge in [0.15, 0.2) is 0 Å². The summed E-state index contributed by atoms with van der Waals surface area (Å²) in [6.07, 6.45) is -0.155. The van der Waals surface area contributed by atoms with Gasteiger partial charge in [-0.05, 0) is 38.5 Å². The lowest BCUT2D eigenvalue weighted by Crippen LogP contribution is -2.51. The van der Waals surface area contributed by atoms with E-state index in [4.69, 9.17) is 0 Å². The number of nitriles is 1. The number of amides is 1. The Morgan fingerprint density at radius 3 is 2.30 bits per heavy atom. The molecule has 2 atom stereocenters. The fourth-order valence-corrected chi connectivity index (χ4v) is 3.41. The molecule has 0 aromatic heterocycles. The topological polar surface area (TPSA) is 52.9 Å². The minimum Gasteiger partial charge on any atom is -0.338 e. The lowest BCUT2D eigenvalue weighted by Gasteiger charge is -2.34. The molecule has 1 N–H and O–H groups in total. The molecule has 2 aliphatic carbocycles. The summed E-state index contributed by atoms with van der Waals surface area (Å²) < 4.78 is 39.0. The van der Waals surface area contributed by atoms with Crippen molar-refractivity contribution in [2.24, 2.45) is 11.8 Å². The van der Waals surface area contributed by atoms with Crippen LogP contribution in [-0.2, 0) is 4.79 Å². The molecule has 2 saturated carbocycles. The van der Waals surface area contributed by atoms with Crippen LogP contribution in [0.5, 0.6) is 0 Å². The summed E-state index contributed by atoms with van der Waals surface area (Å²) in [7, 11) is 0. The number of carbonyl (C=O) groups is 1. The van der Waals surface area contributed by atoms with Crippen LogP contribution in [0.15, 0.2) is 0 Å². The molecule has 3 nitrogen and oxygen atoms in total. The third kappa shape index (κ3) is 3.08. The van der Waals surface area contributed by atoms with Gasteiger partial charge in [0, 0.05) is 5.92 Å². The Bertz CT molecular complexity index is 408. The fourth-order valence-electron chi connectivity index (χ4n) is 3.41. The maximum Gasteiger partial charge on any atom is 0.392 e. The number of rotatable bonds is 2. The average molecular weight is 288 g/mol. The molecule has 0 heterocycles. The summed E-state index contributed by atoms with van der Waals surface area (Å²) in [6, 6.07) is 2.09. The van der Waals surface area contributed by atoms with Crippen LogP contribution in [-0.4, -0.2) is 17.6 Å². The molecule has 20 heavy (non-hydrogen) atoms. The second kappa shape index (κ2) is 5.63. The van der Waals surface area contributed by atoms with Crippen LogP contribution in [0.2, 0.25) is 0 Å². The lowest BCUT2D eigenvalue weighted by atomic mass is 9.77. The largest absolute Gasteiger partial charge is 0.392 e.